The van der Waals surface area contributed by atoms with Crippen LogP contribution in [0.2, 0.25) is 0 Å². The van der Waals surface area contributed by atoms with E-state index in [1.165, 1.54) is 12.1 Å². The molecule has 2 saturated heterocycles. The largest absolute Gasteiger partial charge is 0.416 e. The van der Waals surface area contributed by atoms with E-state index >= 15 is 0 Å². The van der Waals surface area contributed by atoms with Crippen LogP contribution in [0.15, 0.2) is 24.3 Å². The monoisotopic (exact) mass is 410 g/mol. The van der Waals surface area contributed by atoms with Gasteiger partial charge in [0.1, 0.15) is 0 Å². The van der Waals surface area contributed by atoms with Gasteiger partial charge in [-0.15, -0.1) is 0 Å². The van der Waals surface area contributed by atoms with Gasteiger partial charge in [0.15, 0.2) is 0 Å². The van der Waals surface area contributed by atoms with Crippen LogP contribution in [0.25, 0.3) is 0 Å². The van der Waals surface area contributed by atoms with Crippen LogP contribution in [0, 0.1) is 5.92 Å². The van der Waals surface area contributed by atoms with Crippen molar-refractivity contribution in [1.29, 1.82) is 0 Å². The summed E-state index contributed by atoms with van der Waals surface area (Å²) in [6, 6.07) is 5.08. The number of hydrogen-bond donors (Lipinski definition) is 1. The molecule has 4 rings (SSSR count). The lowest BCUT2D eigenvalue weighted by molar-refractivity contribution is -0.146. The number of benzene rings is 1. The molecule has 1 aromatic carbocycles. The van der Waals surface area contributed by atoms with Crippen LogP contribution in [0.1, 0.15) is 49.7 Å². The molecule has 1 N–H and O–H groups in total. The fourth-order valence-electron chi connectivity index (χ4n) is 4.44. The predicted octanol–water partition coefficient (Wildman–Crippen LogP) is 2.92. The molecule has 0 bridgehead atoms. The number of hydrogen-bond acceptors (Lipinski definition) is 3. The van der Waals surface area contributed by atoms with Crippen molar-refractivity contribution in [1.82, 2.24) is 9.80 Å². The van der Waals surface area contributed by atoms with Crippen molar-refractivity contribution in [3.63, 3.8) is 0 Å². The molecule has 1 atom stereocenters. The minimum Gasteiger partial charge on any atom is -0.385 e. The lowest BCUT2D eigenvalue weighted by Crippen LogP contribution is -2.51. The third kappa shape index (κ3) is 4.13. The van der Waals surface area contributed by atoms with Crippen LogP contribution >= 0.6 is 0 Å². The van der Waals surface area contributed by atoms with E-state index < -0.39 is 17.3 Å². The number of halogens is 3. The van der Waals surface area contributed by atoms with Crippen molar-refractivity contribution in [2.24, 2.45) is 5.92 Å². The van der Waals surface area contributed by atoms with Gasteiger partial charge in [0.05, 0.1) is 17.1 Å². The number of aliphatic hydroxyl groups is 1. The summed E-state index contributed by atoms with van der Waals surface area (Å²) < 4.78 is 39.0. The van der Waals surface area contributed by atoms with Gasteiger partial charge in [0, 0.05) is 32.1 Å². The Hall–Kier alpha value is -2.09. The first-order valence-electron chi connectivity index (χ1n) is 10.2. The molecule has 0 radical (unpaired) electrons. The zero-order valence-electron chi connectivity index (χ0n) is 16.1. The lowest BCUT2D eigenvalue weighted by atomic mass is 9.83. The van der Waals surface area contributed by atoms with Gasteiger partial charge < -0.3 is 14.9 Å². The number of piperidine rings is 2. The van der Waals surface area contributed by atoms with E-state index in [4.69, 9.17) is 0 Å². The molecule has 0 spiro atoms. The van der Waals surface area contributed by atoms with Gasteiger partial charge in [-0.3, -0.25) is 9.59 Å². The van der Waals surface area contributed by atoms with E-state index in [1.807, 2.05) is 4.90 Å². The van der Waals surface area contributed by atoms with Gasteiger partial charge in [0.25, 0.3) is 0 Å². The number of nitrogens with zero attached hydrogens (tertiary/aromatic N) is 2. The fraction of sp³-hybridized carbons (Fsp3) is 0.619. The zero-order chi connectivity index (χ0) is 20.8. The van der Waals surface area contributed by atoms with E-state index in [0.717, 1.165) is 25.0 Å². The van der Waals surface area contributed by atoms with E-state index in [2.05, 4.69) is 0 Å². The first kappa shape index (κ1) is 20.2. The SMILES string of the molecule is O=C(C1CCC(=O)N(C2CC2)C1)N1CCC(O)(c2cccc(C(F)(F)F)c2)CC1. The Kier molecular flexibility index (Phi) is 5.09. The summed E-state index contributed by atoms with van der Waals surface area (Å²) in [5.41, 5.74) is -1.92. The number of carbonyl (C=O) groups excluding carboxylic acids is 2. The minimum atomic E-state index is -4.46. The average Bonchev–Trinajstić information content (AvgIpc) is 3.53. The highest BCUT2D eigenvalue weighted by Gasteiger charge is 2.42. The Labute approximate surface area is 167 Å². The second-order valence-electron chi connectivity index (χ2n) is 8.45. The molecule has 1 aliphatic carbocycles. The van der Waals surface area contributed by atoms with Crippen molar-refractivity contribution in [3.05, 3.63) is 35.4 Å². The molecule has 2 heterocycles. The van der Waals surface area contributed by atoms with E-state index in [-0.39, 0.29) is 42.2 Å². The Balaban J connectivity index is 1.40. The van der Waals surface area contributed by atoms with Crippen molar-refractivity contribution in [2.75, 3.05) is 19.6 Å². The zero-order valence-corrected chi connectivity index (χ0v) is 16.1. The first-order chi connectivity index (χ1) is 13.7. The second-order valence-corrected chi connectivity index (χ2v) is 8.45. The standard InChI is InChI=1S/C21H25F3N2O3/c22-21(23,24)16-3-1-2-15(12-16)20(29)8-10-25(11-9-20)19(28)14-4-7-18(27)26(13-14)17-5-6-17/h1-3,12,14,17,29H,4-11,13H2. The molecular formula is C21H25F3N2O3. The molecule has 2 aliphatic heterocycles. The topological polar surface area (TPSA) is 60.9 Å². The molecule has 29 heavy (non-hydrogen) atoms. The quantitative estimate of drug-likeness (QED) is 0.834. The van der Waals surface area contributed by atoms with Gasteiger partial charge in [-0.25, -0.2) is 0 Å². The Morgan fingerprint density at radius 1 is 1.14 bits per heavy atom. The van der Waals surface area contributed by atoms with E-state index in [0.29, 0.717) is 32.5 Å². The van der Waals surface area contributed by atoms with Crippen LogP contribution in [0.4, 0.5) is 13.2 Å². The van der Waals surface area contributed by atoms with Crippen molar-refractivity contribution in [3.8, 4) is 0 Å². The molecule has 2 amide bonds. The number of rotatable bonds is 3. The third-order valence-corrected chi connectivity index (χ3v) is 6.41. The first-order valence-corrected chi connectivity index (χ1v) is 10.2. The van der Waals surface area contributed by atoms with Crippen molar-refractivity contribution >= 4 is 11.8 Å². The molecule has 3 fully saturated rings. The predicted molar refractivity (Wildman–Crippen MR) is 98.6 cm³/mol. The molecule has 0 aromatic heterocycles. The van der Waals surface area contributed by atoms with Gasteiger partial charge >= 0.3 is 6.18 Å². The van der Waals surface area contributed by atoms with Crippen LogP contribution in [-0.4, -0.2) is 52.4 Å². The number of likely N-dealkylation sites (tertiary alicyclic amines) is 2. The molecule has 3 aliphatic rings. The van der Waals surface area contributed by atoms with Crippen LogP contribution in [0.3, 0.4) is 0 Å². The maximum absolute atomic E-state index is 13.0. The van der Waals surface area contributed by atoms with E-state index in [1.54, 1.807) is 4.90 Å². The second kappa shape index (κ2) is 7.31. The highest BCUT2D eigenvalue weighted by molar-refractivity contribution is 5.84. The molecule has 158 valence electrons. The molecular weight excluding hydrogens is 385 g/mol. The number of amides is 2. The summed E-state index contributed by atoms with van der Waals surface area (Å²) in [4.78, 5) is 28.5. The lowest BCUT2D eigenvalue weighted by Gasteiger charge is -2.41. The third-order valence-electron chi connectivity index (χ3n) is 6.41. The van der Waals surface area contributed by atoms with E-state index in [9.17, 15) is 27.9 Å². The van der Waals surface area contributed by atoms with Gasteiger partial charge in [-0.2, -0.15) is 13.2 Å². The van der Waals surface area contributed by atoms with Gasteiger partial charge in [-0.1, -0.05) is 12.1 Å². The summed E-state index contributed by atoms with van der Waals surface area (Å²) >= 11 is 0. The van der Waals surface area contributed by atoms with Gasteiger partial charge in [0.2, 0.25) is 11.8 Å². The summed E-state index contributed by atoms with van der Waals surface area (Å²) in [6.45, 7) is 1.04. The Bertz CT molecular complexity index is 799. The molecule has 5 nitrogen and oxygen atoms in total. The highest BCUT2D eigenvalue weighted by Crippen LogP contribution is 2.38. The number of carbonyl (C=O) groups is 2. The van der Waals surface area contributed by atoms with Crippen LogP contribution in [0.5, 0.6) is 0 Å². The van der Waals surface area contributed by atoms with Crippen LogP contribution in [-0.2, 0) is 21.4 Å². The van der Waals surface area contributed by atoms with Crippen molar-refractivity contribution < 1.29 is 27.9 Å². The molecule has 8 heteroatoms. The molecule has 1 saturated carbocycles. The smallest absolute Gasteiger partial charge is 0.385 e. The van der Waals surface area contributed by atoms with Crippen molar-refractivity contribution in [2.45, 2.75) is 56.3 Å². The Morgan fingerprint density at radius 3 is 2.45 bits per heavy atom. The maximum Gasteiger partial charge on any atom is 0.416 e. The summed E-state index contributed by atoms with van der Waals surface area (Å²) in [6.07, 6.45) is -1.16. The summed E-state index contributed by atoms with van der Waals surface area (Å²) in [7, 11) is 0. The normalized spacial score (nSPS) is 25.2. The van der Waals surface area contributed by atoms with Crippen LogP contribution < -0.4 is 0 Å². The Morgan fingerprint density at radius 2 is 1.83 bits per heavy atom. The summed E-state index contributed by atoms with van der Waals surface area (Å²) in [5, 5.41) is 10.9. The molecule has 1 unspecified atom stereocenters. The fourth-order valence-corrected chi connectivity index (χ4v) is 4.44. The number of alkyl halides is 3. The maximum atomic E-state index is 13.0. The average molecular weight is 410 g/mol. The summed E-state index contributed by atoms with van der Waals surface area (Å²) in [5.74, 6) is -0.128. The highest BCUT2D eigenvalue weighted by atomic mass is 19.4. The minimum absolute atomic E-state index is 0.0192. The van der Waals surface area contributed by atoms with Gasteiger partial charge in [-0.05, 0) is 49.8 Å². The molecule has 1 aromatic rings.